The highest BCUT2D eigenvalue weighted by Gasteiger charge is 2.13. The molecule has 2 aromatic carbocycles. The fourth-order valence-corrected chi connectivity index (χ4v) is 3.07. The quantitative estimate of drug-likeness (QED) is 0.630. The van der Waals surface area contributed by atoms with Crippen LogP contribution in [0.15, 0.2) is 53.9 Å². The number of ether oxygens (including phenoxy) is 2. The van der Waals surface area contributed by atoms with Gasteiger partial charge in [-0.15, -0.1) is 11.3 Å². The lowest BCUT2D eigenvalue weighted by Gasteiger charge is -2.04. The third-order valence-electron chi connectivity index (χ3n) is 3.76. The van der Waals surface area contributed by atoms with Gasteiger partial charge >= 0.3 is 11.9 Å². The van der Waals surface area contributed by atoms with Gasteiger partial charge in [0, 0.05) is 10.9 Å². The van der Waals surface area contributed by atoms with E-state index >= 15 is 0 Å². The standard InChI is InChI=1S/C20H17NO4S/c1-13-3-7-15(8-4-13)18-21-17(12-26-18)20(23)25-11-14-5-9-16(10-6-14)19(22)24-2/h3-10,12H,11H2,1-2H3. The van der Waals surface area contributed by atoms with Gasteiger partial charge in [-0.1, -0.05) is 42.0 Å². The second-order valence-corrected chi connectivity index (χ2v) is 6.53. The monoisotopic (exact) mass is 367 g/mol. The van der Waals surface area contributed by atoms with E-state index in [1.807, 2.05) is 31.2 Å². The van der Waals surface area contributed by atoms with E-state index in [9.17, 15) is 9.59 Å². The first kappa shape index (κ1) is 17.8. The van der Waals surface area contributed by atoms with Crippen LogP contribution in [0.25, 0.3) is 10.6 Å². The van der Waals surface area contributed by atoms with Crippen molar-refractivity contribution in [3.63, 3.8) is 0 Å². The Morgan fingerprint density at radius 3 is 2.35 bits per heavy atom. The minimum Gasteiger partial charge on any atom is -0.465 e. The molecule has 0 N–H and O–H groups in total. The zero-order chi connectivity index (χ0) is 18.5. The predicted octanol–water partition coefficient (Wildman–Crippen LogP) is 4.26. The molecule has 0 radical (unpaired) electrons. The van der Waals surface area contributed by atoms with Gasteiger partial charge in [0.2, 0.25) is 0 Å². The predicted molar refractivity (Wildman–Crippen MR) is 99.2 cm³/mol. The normalized spacial score (nSPS) is 10.4. The Morgan fingerprint density at radius 2 is 1.69 bits per heavy atom. The van der Waals surface area contributed by atoms with Gasteiger partial charge in [-0.3, -0.25) is 0 Å². The minimum absolute atomic E-state index is 0.109. The number of carbonyl (C=O) groups is 2. The zero-order valence-corrected chi connectivity index (χ0v) is 15.2. The zero-order valence-electron chi connectivity index (χ0n) is 14.4. The Kier molecular flexibility index (Phi) is 5.43. The number of methoxy groups -OCH3 is 1. The molecule has 0 aliphatic carbocycles. The van der Waals surface area contributed by atoms with Crippen molar-refractivity contribution in [2.75, 3.05) is 7.11 Å². The van der Waals surface area contributed by atoms with Gasteiger partial charge in [-0.2, -0.15) is 0 Å². The Morgan fingerprint density at radius 1 is 1.00 bits per heavy atom. The number of nitrogens with zero attached hydrogens (tertiary/aromatic N) is 1. The van der Waals surface area contributed by atoms with Crippen LogP contribution in [0.2, 0.25) is 0 Å². The van der Waals surface area contributed by atoms with Crippen molar-refractivity contribution < 1.29 is 19.1 Å². The average Bonchev–Trinajstić information content (AvgIpc) is 3.16. The molecule has 0 fully saturated rings. The SMILES string of the molecule is COC(=O)c1ccc(COC(=O)c2csc(-c3ccc(C)cc3)n2)cc1. The average molecular weight is 367 g/mol. The molecule has 132 valence electrons. The molecule has 3 aromatic rings. The molecule has 0 unspecified atom stereocenters. The molecule has 6 heteroatoms. The highest BCUT2D eigenvalue weighted by molar-refractivity contribution is 7.13. The van der Waals surface area contributed by atoms with Crippen LogP contribution < -0.4 is 0 Å². The molecule has 0 amide bonds. The van der Waals surface area contributed by atoms with Gasteiger partial charge in [-0.25, -0.2) is 14.6 Å². The summed E-state index contributed by atoms with van der Waals surface area (Å²) in [5.41, 5.74) is 3.66. The molecule has 0 saturated carbocycles. The topological polar surface area (TPSA) is 65.5 Å². The van der Waals surface area contributed by atoms with Crippen molar-refractivity contribution in [1.29, 1.82) is 0 Å². The van der Waals surface area contributed by atoms with Crippen molar-refractivity contribution in [3.8, 4) is 10.6 Å². The van der Waals surface area contributed by atoms with Crippen LogP contribution in [0.1, 0.15) is 32.0 Å². The molecule has 1 heterocycles. The number of esters is 2. The third kappa shape index (κ3) is 4.15. The molecule has 26 heavy (non-hydrogen) atoms. The van der Waals surface area contributed by atoms with Crippen molar-refractivity contribution in [1.82, 2.24) is 4.98 Å². The molecule has 0 spiro atoms. The number of aryl methyl sites for hydroxylation is 1. The highest BCUT2D eigenvalue weighted by atomic mass is 32.1. The van der Waals surface area contributed by atoms with Crippen molar-refractivity contribution >= 4 is 23.3 Å². The molecular weight excluding hydrogens is 350 g/mol. The number of thiazole rings is 1. The molecule has 0 saturated heterocycles. The summed E-state index contributed by atoms with van der Waals surface area (Å²) in [6.45, 7) is 2.13. The molecule has 0 aliphatic heterocycles. The lowest BCUT2D eigenvalue weighted by Crippen LogP contribution is -2.06. The largest absolute Gasteiger partial charge is 0.465 e. The van der Waals surface area contributed by atoms with E-state index < -0.39 is 11.9 Å². The summed E-state index contributed by atoms with van der Waals surface area (Å²) in [5.74, 6) is -0.878. The molecule has 3 rings (SSSR count). The number of hydrogen-bond acceptors (Lipinski definition) is 6. The first-order valence-electron chi connectivity index (χ1n) is 7.94. The van der Waals surface area contributed by atoms with Crippen LogP contribution >= 0.6 is 11.3 Å². The van der Waals surface area contributed by atoms with Gasteiger partial charge in [0.25, 0.3) is 0 Å². The second kappa shape index (κ2) is 7.93. The number of benzene rings is 2. The lowest BCUT2D eigenvalue weighted by molar-refractivity contribution is 0.0465. The Bertz CT molecular complexity index is 914. The molecule has 5 nitrogen and oxygen atoms in total. The van der Waals surface area contributed by atoms with Gasteiger partial charge in [0.1, 0.15) is 11.6 Å². The Hall–Kier alpha value is -2.99. The number of carbonyl (C=O) groups excluding carboxylic acids is 2. The molecular formula is C20H17NO4S. The summed E-state index contributed by atoms with van der Waals surface area (Å²) in [5, 5.41) is 2.47. The van der Waals surface area contributed by atoms with Gasteiger partial charge in [-0.05, 0) is 24.6 Å². The van der Waals surface area contributed by atoms with Crippen LogP contribution in [0.4, 0.5) is 0 Å². The van der Waals surface area contributed by atoms with E-state index in [1.54, 1.807) is 29.6 Å². The van der Waals surface area contributed by atoms with Crippen LogP contribution in [0.3, 0.4) is 0 Å². The van der Waals surface area contributed by atoms with E-state index in [1.165, 1.54) is 24.0 Å². The van der Waals surface area contributed by atoms with Crippen molar-refractivity contribution in [3.05, 3.63) is 76.3 Å². The van der Waals surface area contributed by atoms with Crippen LogP contribution in [0, 0.1) is 6.92 Å². The summed E-state index contributed by atoms with van der Waals surface area (Å²) < 4.78 is 9.94. The van der Waals surface area contributed by atoms with E-state index in [4.69, 9.17) is 4.74 Å². The van der Waals surface area contributed by atoms with E-state index in [0.717, 1.165) is 16.1 Å². The number of hydrogen-bond donors (Lipinski definition) is 0. The van der Waals surface area contributed by atoms with Crippen molar-refractivity contribution in [2.45, 2.75) is 13.5 Å². The summed E-state index contributed by atoms with van der Waals surface area (Å²) in [4.78, 5) is 27.9. The van der Waals surface area contributed by atoms with E-state index in [2.05, 4.69) is 9.72 Å². The Balaban J connectivity index is 1.62. The summed E-state index contributed by atoms with van der Waals surface area (Å²) in [7, 11) is 1.33. The van der Waals surface area contributed by atoms with Gasteiger partial charge in [0.15, 0.2) is 5.69 Å². The van der Waals surface area contributed by atoms with Crippen LogP contribution in [0.5, 0.6) is 0 Å². The molecule has 1 aromatic heterocycles. The summed E-state index contributed by atoms with van der Waals surface area (Å²) in [6.07, 6.45) is 0. The lowest BCUT2D eigenvalue weighted by atomic mass is 10.1. The molecule has 0 aliphatic rings. The maximum atomic E-state index is 12.2. The van der Waals surface area contributed by atoms with Crippen LogP contribution in [-0.2, 0) is 16.1 Å². The number of aromatic nitrogens is 1. The fourth-order valence-electron chi connectivity index (χ4n) is 2.27. The minimum atomic E-state index is -0.475. The van der Waals surface area contributed by atoms with E-state index in [0.29, 0.717) is 5.56 Å². The summed E-state index contributed by atoms with van der Waals surface area (Å²) in [6, 6.07) is 14.7. The highest BCUT2D eigenvalue weighted by Crippen LogP contribution is 2.24. The smallest absolute Gasteiger partial charge is 0.358 e. The maximum Gasteiger partial charge on any atom is 0.358 e. The van der Waals surface area contributed by atoms with Gasteiger partial charge < -0.3 is 9.47 Å². The van der Waals surface area contributed by atoms with Gasteiger partial charge in [0.05, 0.1) is 12.7 Å². The first-order chi connectivity index (χ1) is 12.6. The molecule has 0 bridgehead atoms. The Labute approximate surface area is 155 Å². The first-order valence-corrected chi connectivity index (χ1v) is 8.82. The number of rotatable bonds is 5. The third-order valence-corrected chi connectivity index (χ3v) is 4.65. The van der Waals surface area contributed by atoms with Crippen molar-refractivity contribution in [2.24, 2.45) is 0 Å². The molecule has 0 atom stereocenters. The fraction of sp³-hybridized carbons (Fsp3) is 0.150. The maximum absolute atomic E-state index is 12.2. The van der Waals surface area contributed by atoms with Crippen LogP contribution in [-0.4, -0.2) is 24.0 Å². The van der Waals surface area contributed by atoms with E-state index in [-0.39, 0.29) is 12.3 Å². The summed E-state index contributed by atoms with van der Waals surface area (Å²) >= 11 is 1.40. The second-order valence-electron chi connectivity index (χ2n) is 5.67.